The first kappa shape index (κ1) is 18.7. The van der Waals surface area contributed by atoms with Gasteiger partial charge in [0.2, 0.25) is 0 Å². The van der Waals surface area contributed by atoms with Crippen LogP contribution >= 0.6 is 0 Å². The summed E-state index contributed by atoms with van der Waals surface area (Å²) < 4.78 is 0. The Labute approximate surface area is 122 Å². The predicted molar refractivity (Wildman–Crippen MR) is 80.7 cm³/mol. The highest BCUT2D eigenvalue weighted by molar-refractivity contribution is 5.74. The molecule has 0 aliphatic carbocycles. The number of carbonyl (C=O) groups is 2. The maximum atomic E-state index is 12.2. The van der Waals surface area contributed by atoms with Crippen LogP contribution in [0.3, 0.4) is 0 Å². The van der Waals surface area contributed by atoms with Gasteiger partial charge in [-0.3, -0.25) is 4.79 Å². The molecule has 0 aliphatic rings. The SMILES string of the molecule is CC(C)N(CCCC(=O)O)C(=O)NCC(C)(C)C(C)C. The molecule has 0 rings (SSSR count). The van der Waals surface area contributed by atoms with Gasteiger partial charge in [-0.2, -0.15) is 0 Å². The van der Waals surface area contributed by atoms with Gasteiger partial charge >= 0.3 is 12.0 Å². The highest BCUT2D eigenvalue weighted by Gasteiger charge is 2.25. The quantitative estimate of drug-likeness (QED) is 0.720. The Morgan fingerprint density at radius 3 is 2.15 bits per heavy atom. The van der Waals surface area contributed by atoms with Gasteiger partial charge in [-0.1, -0.05) is 27.7 Å². The number of amides is 2. The van der Waals surface area contributed by atoms with Crippen LogP contribution in [-0.2, 0) is 4.79 Å². The summed E-state index contributed by atoms with van der Waals surface area (Å²) >= 11 is 0. The van der Waals surface area contributed by atoms with Gasteiger partial charge in [0.05, 0.1) is 0 Å². The number of carbonyl (C=O) groups excluding carboxylic acids is 1. The summed E-state index contributed by atoms with van der Waals surface area (Å²) in [5, 5.41) is 11.6. The second-order valence-corrected chi connectivity index (χ2v) is 6.59. The van der Waals surface area contributed by atoms with Crippen molar-refractivity contribution in [3.05, 3.63) is 0 Å². The molecule has 0 aromatic carbocycles. The van der Waals surface area contributed by atoms with E-state index in [4.69, 9.17) is 5.11 Å². The topological polar surface area (TPSA) is 69.6 Å². The maximum absolute atomic E-state index is 12.2. The van der Waals surface area contributed by atoms with E-state index in [1.165, 1.54) is 0 Å². The van der Waals surface area contributed by atoms with E-state index in [2.05, 4.69) is 33.0 Å². The molecule has 20 heavy (non-hydrogen) atoms. The summed E-state index contributed by atoms with van der Waals surface area (Å²) in [6, 6.07) is -0.0509. The number of carboxylic acids is 1. The molecule has 5 heteroatoms. The predicted octanol–water partition coefficient (Wildman–Crippen LogP) is 2.95. The van der Waals surface area contributed by atoms with E-state index in [-0.39, 0.29) is 23.9 Å². The molecule has 0 aliphatic heterocycles. The average molecular weight is 286 g/mol. The Kier molecular flexibility index (Phi) is 7.61. The van der Waals surface area contributed by atoms with Gasteiger partial charge in [0, 0.05) is 25.6 Å². The van der Waals surface area contributed by atoms with Crippen molar-refractivity contribution in [3.8, 4) is 0 Å². The normalized spacial score (nSPS) is 11.8. The molecule has 0 spiro atoms. The van der Waals surface area contributed by atoms with E-state index in [9.17, 15) is 9.59 Å². The Bertz CT molecular complexity index is 325. The molecule has 0 saturated heterocycles. The number of urea groups is 1. The van der Waals surface area contributed by atoms with Gasteiger partial charge < -0.3 is 15.3 Å². The fourth-order valence-corrected chi connectivity index (χ4v) is 1.60. The van der Waals surface area contributed by atoms with Crippen LogP contribution in [0.4, 0.5) is 4.79 Å². The molecule has 0 aromatic heterocycles. The third-order valence-electron chi connectivity index (χ3n) is 3.93. The summed E-state index contributed by atoms with van der Waals surface area (Å²) in [5.41, 5.74) is 0.0410. The average Bonchev–Trinajstić information content (AvgIpc) is 2.30. The van der Waals surface area contributed by atoms with E-state index < -0.39 is 5.97 Å². The maximum Gasteiger partial charge on any atom is 0.317 e. The van der Waals surface area contributed by atoms with Crippen molar-refractivity contribution in [3.63, 3.8) is 0 Å². The summed E-state index contributed by atoms with van der Waals surface area (Å²) in [5.74, 6) is -0.350. The van der Waals surface area contributed by atoms with Gasteiger partial charge in [0.1, 0.15) is 0 Å². The van der Waals surface area contributed by atoms with Crippen LogP contribution in [0, 0.1) is 11.3 Å². The number of nitrogens with zero attached hydrogens (tertiary/aromatic N) is 1. The number of rotatable bonds is 8. The smallest absolute Gasteiger partial charge is 0.317 e. The standard InChI is InChI=1S/C15H30N2O3/c1-11(2)15(5,6)10-16-14(20)17(12(3)4)9-7-8-13(18)19/h11-12H,7-10H2,1-6H3,(H,16,20)(H,18,19). The second kappa shape index (κ2) is 8.12. The molecule has 0 aromatic rings. The van der Waals surface area contributed by atoms with Crippen LogP contribution < -0.4 is 5.32 Å². The van der Waals surface area contributed by atoms with Gasteiger partial charge in [0.15, 0.2) is 0 Å². The first-order valence-electron chi connectivity index (χ1n) is 7.34. The molecule has 2 N–H and O–H groups in total. The number of aliphatic carboxylic acids is 1. The summed E-state index contributed by atoms with van der Waals surface area (Å²) in [4.78, 5) is 24.4. The Morgan fingerprint density at radius 1 is 1.20 bits per heavy atom. The van der Waals surface area contributed by atoms with E-state index >= 15 is 0 Å². The highest BCUT2D eigenvalue weighted by atomic mass is 16.4. The largest absolute Gasteiger partial charge is 0.481 e. The van der Waals surface area contributed by atoms with Crippen molar-refractivity contribution < 1.29 is 14.7 Å². The number of carboxylic acid groups (broad SMARTS) is 1. The lowest BCUT2D eigenvalue weighted by molar-refractivity contribution is -0.137. The zero-order chi connectivity index (χ0) is 15.9. The van der Waals surface area contributed by atoms with Crippen molar-refractivity contribution in [2.75, 3.05) is 13.1 Å². The van der Waals surface area contributed by atoms with Gasteiger partial charge in [0.25, 0.3) is 0 Å². The zero-order valence-corrected chi connectivity index (χ0v) is 13.7. The van der Waals surface area contributed by atoms with Crippen molar-refractivity contribution >= 4 is 12.0 Å². The molecule has 5 nitrogen and oxygen atoms in total. The first-order valence-corrected chi connectivity index (χ1v) is 7.34. The monoisotopic (exact) mass is 286 g/mol. The minimum Gasteiger partial charge on any atom is -0.481 e. The van der Waals surface area contributed by atoms with E-state index in [1.807, 2.05) is 13.8 Å². The number of hydrogen-bond acceptors (Lipinski definition) is 2. The van der Waals surface area contributed by atoms with Crippen LogP contribution in [0.5, 0.6) is 0 Å². The molecule has 118 valence electrons. The summed E-state index contributed by atoms with van der Waals surface area (Å²) in [6.07, 6.45) is 0.572. The van der Waals surface area contributed by atoms with Crippen LogP contribution in [-0.4, -0.2) is 41.1 Å². The van der Waals surface area contributed by atoms with E-state index in [0.717, 1.165) is 0 Å². The molecule has 0 unspecified atom stereocenters. The third-order valence-corrected chi connectivity index (χ3v) is 3.93. The van der Waals surface area contributed by atoms with Crippen molar-refractivity contribution in [1.29, 1.82) is 0 Å². The fraction of sp³-hybridized carbons (Fsp3) is 0.867. The lowest BCUT2D eigenvalue weighted by atomic mass is 9.81. The molecular formula is C15H30N2O3. The van der Waals surface area contributed by atoms with Crippen molar-refractivity contribution in [2.24, 2.45) is 11.3 Å². The summed E-state index contributed by atoms with van der Waals surface area (Å²) in [7, 11) is 0. The third kappa shape index (κ3) is 6.78. The first-order chi connectivity index (χ1) is 9.08. The summed E-state index contributed by atoms with van der Waals surface area (Å²) in [6.45, 7) is 13.5. The highest BCUT2D eigenvalue weighted by Crippen LogP contribution is 2.24. The molecule has 0 radical (unpaired) electrons. The lowest BCUT2D eigenvalue weighted by Gasteiger charge is -2.32. The van der Waals surface area contributed by atoms with E-state index in [0.29, 0.717) is 25.4 Å². The molecule has 2 amide bonds. The zero-order valence-electron chi connectivity index (χ0n) is 13.7. The molecular weight excluding hydrogens is 256 g/mol. The molecule has 0 bridgehead atoms. The second-order valence-electron chi connectivity index (χ2n) is 6.59. The molecule has 0 atom stereocenters. The van der Waals surface area contributed by atoms with Crippen molar-refractivity contribution in [1.82, 2.24) is 10.2 Å². The van der Waals surface area contributed by atoms with Crippen LogP contribution in [0.25, 0.3) is 0 Å². The number of nitrogens with one attached hydrogen (secondary N) is 1. The molecule has 0 fully saturated rings. The van der Waals surface area contributed by atoms with Crippen LogP contribution in [0.2, 0.25) is 0 Å². The minimum atomic E-state index is -0.824. The van der Waals surface area contributed by atoms with Crippen molar-refractivity contribution in [2.45, 2.75) is 60.4 Å². The molecule has 0 heterocycles. The molecule has 0 saturated carbocycles. The lowest BCUT2D eigenvalue weighted by Crippen LogP contribution is -2.47. The van der Waals surface area contributed by atoms with Gasteiger partial charge in [-0.25, -0.2) is 4.79 Å². The van der Waals surface area contributed by atoms with E-state index in [1.54, 1.807) is 4.90 Å². The minimum absolute atomic E-state index is 0.0410. The number of hydrogen-bond donors (Lipinski definition) is 2. The fourth-order valence-electron chi connectivity index (χ4n) is 1.60. The van der Waals surface area contributed by atoms with Gasteiger partial charge in [-0.15, -0.1) is 0 Å². The Morgan fingerprint density at radius 2 is 1.75 bits per heavy atom. The Balaban J connectivity index is 4.40. The Hall–Kier alpha value is -1.26. The van der Waals surface area contributed by atoms with Crippen LogP contribution in [0.15, 0.2) is 0 Å². The van der Waals surface area contributed by atoms with Crippen LogP contribution in [0.1, 0.15) is 54.4 Å². The van der Waals surface area contributed by atoms with Gasteiger partial charge in [-0.05, 0) is 31.6 Å².